The summed E-state index contributed by atoms with van der Waals surface area (Å²) < 4.78 is 5.63. The molecule has 3 heteroatoms. The van der Waals surface area contributed by atoms with Crippen LogP contribution in [-0.2, 0) is 0 Å². The summed E-state index contributed by atoms with van der Waals surface area (Å²) in [5.74, 6) is 0.630. The maximum atomic E-state index is 13.4. The van der Waals surface area contributed by atoms with Gasteiger partial charge in [-0.3, -0.25) is 4.79 Å². The molecule has 0 aliphatic carbocycles. The molecule has 0 bridgehead atoms. The Hall–Kier alpha value is -4.37. The Bertz CT molecular complexity index is 1680. The molecule has 0 radical (unpaired) electrons. The van der Waals surface area contributed by atoms with Crippen LogP contribution in [0.3, 0.4) is 0 Å². The topological polar surface area (TPSA) is 46.5 Å². The summed E-state index contributed by atoms with van der Waals surface area (Å²) in [6.07, 6.45) is 0. The number of carbonyl (C=O) groups is 1. The van der Waals surface area contributed by atoms with E-state index in [1.165, 1.54) is 0 Å². The lowest BCUT2D eigenvalue weighted by Crippen LogP contribution is -2.03. The van der Waals surface area contributed by atoms with Crippen molar-refractivity contribution in [2.24, 2.45) is 0 Å². The molecule has 0 amide bonds. The van der Waals surface area contributed by atoms with E-state index in [0.717, 1.165) is 49.2 Å². The highest BCUT2D eigenvalue weighted by Gasteiger charge is 2.20. The Kier molecular flexibility index (Phi) is 4.30. The van der Waals surface area contributed by atoms with Crippen LogP contribution in [0.25, 0.3) is 43.4 Å². The Morgan fingerprint density at radius 1 is 0.636 bits per heavy atom. The predicted octanol–water partition coefficient (Wildman–Crippen LogP) is 7.20. The molecule has 6 aromatic carbocycles. The fourth-order valence-corrected chi connectivity index (χ4v) is 4.91. The molecule has 0 unspecified atom stereocenters. The third-order valence-electron chi connectivity index (χ3n) is 6.46. The zero-order valence-corrected chi connectivity index (χ0v) is 18.0. The van der Waals surface area contributed by atoms with Gasteiger partial charge < -0.3 is 9.84 Å². The highest BCUT2D eigenvalue weighted by atomic mass is 16.5. The van der Waals surface area contributed by atoms with Crippen LogP contribution in [0.15, 0.2) is 97.1 Å². The monoisotopic (exact) mass is 428 g/mol. The molecule has 0 aromatic heterocycles. The van der Waals surface area contributed by atoms with E-state index in [4.69, 9.17) is 4.74 Å². The molecule has 33 heavy (non-hydrogen) atoms. The number of ketones is 1. The average molecular weight is 428 g/mol. The van der Waals surface area contributed by atoms with Crippen molar-refractivity contribution < 1.29 is 14.6 Å². The molecule has 0 saturated carbocycles. The lowest BCUT2D eigenvalue weighted by atomic mass is 9.87. The van der Waals surface area contributed by atoms with Crippen molar-refractivity contribution in [3.8, 4) is 22.6 Å². The average Bonchev–Trinajstić information content (AvgIpc) is 2.87. The summed E-state index contributed by atoms with van der Waals surface area (Å²) in [4.78, 5) is 13.4. The second-order valence-corrected chi connectivity index (χ2v) is 8.20. The first-order valence-corrected chi connectivity index (χ1v) is 10.8. The van der Waals surface area contributed by atoms with Crippen LogP contribution in [-0.4, -0.2) is 18.0 Å². The second-order valence-electron chi connectivity index (χ2n) is 8.20. The molecule has 0 fully saturated rings. The van der Waals surface area contributed by atoms with Gasteiger partial charge in [-0.15, -0.1) is 0 Å². The van der Waals surface area contributed by atoms with Gasteiger partial charge in [0.15, 0.2) is 5.78 Å². The van der Waals surface area contributed by atoms with Gasteiger partial charge in [0, 0.05) is 11.1 Å². The van der Waals surface area contributed by atoms with Crippen molar-refractivity contribution in [3.63, 3.8) is 0 Å². The van der Waals surface area contributed by atoms with Crippen LogP contribution in [0, 0.1) is 0 Å². The van der Waals surface area contributed by atoms with E-state index in [1.807, 2.05) is 36.4 Å². The zero-order chi connectivity index (χ0) is 22.5. The van der Waals surface area contributed by atoms with Crippen LogP contribution >= 0.6 is 0 Å². The standard InChI is InChI=1S/C30H20O3/c1-33-27-9-5-3-6-21(27)20-14-10-18-12-16-23-24(30(32)25-7-2-4-8-26(25)31)17-13-19-11-15-22(20)28(18)29(19)23/h2-17,31H,1H3. The maximum absolute atomic E-state index is 13.4. The molecule has 0 saturated heterocycles. The Balaban J connectivity index is 1.68. The largest absolute Gasteiger partial charge is 0.507 e. The van der Waals surface area contributed by atoms with Crippen LogP contribution in [0.2, 0.25) is 0 Å². The van der Waals surface area contributed by atoms with Gasteiger partial charge in [-0.2, -0.15) is 0 Å². The van der Waals surface area contributed by atoms with Crippen LogP contribution < -0.4 is 4.74 Å². The summed E-state index contributed by atoms with van der Waals surface area (Å²) in [7, 11) is 1.69. The van der Waals surface area contributed by atoms with Gasteiger partial charge in [-0.05, 0) is 62.1 Å². The first-order chi connectivity index (χ1) is 16.2. The van der Waals surface area contributed by atoms with Crippen molar-refractivity contribution in [2.75, 3.05) is 7.11 Å². The Labute approximate surface area is 190 Å². The van der Waals surface area contributed by atoms with E-state index in [-0.39, 0.29) is 11.5 Å². The summed E-state index contributed by atoms with van der Waals surface area (Å²) in [5, 5.41) is 16.6. The lowest BCUT2D eigenvalue weighted by Gasteiger charge is -2.17. The first kappa shape index (κ1) is 19.3. The molecule has 0 atom stereocenters. The van der Waals surface area contributed by atoms with Gasteiger partial charge in [0.25, 0.3) is 0 Å². The molecule has 3 nitrogen and oxygen atoms in total. The summed E-state index contributed by atoms with van der Waals surface area (Å²) in [6.45, 7) is 0. The van der Waals surface area contributed by atoms with E-state index in [1.54, 1.807) is 31.4 Å². The zero-order valence-electron chi connectivity index (χ0n) is 18.0. The number of aromatic hydroxyl groups is 1. The number of methoxy groups -OCH3 is 1. The Morgan fingerprint density at radius 2 is 1.27 bits per heavy atom. The number of phenolic OH excluding ortho intramolecular Hbond substituents is 1. The summed E-state index contributed by atoms with van der Waals surface area (Å²) >= 11 is 0. The smallest absolute Gasteiger partial charge is 0.197 e. The minimum atomic E-state index is -0.184. The summed E-state index contributed by atoms with van der Waals surface area (Å²) in [6, 6.07) is 31.2. The third-order valence-corrected chi connectivity index (χ3v) is 6.46. The number of hydrogen-bond acceptors (Lipinski definition) is 3. The third kappa shape index (κ3) is 2.86. The van der Waals surface area contributed by atoms with Gasteiger partial charge >= 0.3 is 0 Å². The quantitative estimate of drug-likeness (QED) is 0.239. The van der Waals surface area contributed by atoms with Gasteiger partial charge in [0.05, 0.1) is 12.7 Å². The van der Waals surface area contributed by atoms with E-state index < -0.39 is 0 Å². The predicted molar refractivity (Wildman–Crippen MR) is 134 cm³/mol. The van der Waals surface area contributed by atoms with E-state index in [0.29, 0.717) is 11.1 Å². The van der Waals surface area contributed by atoms with Crippen LogP contribution in [0.4, 0.5) is 0 Å². The molecule has 0 spiro atoms. The molecular formula is C30H20O3. The van der Waals surface area contributed by atoms with Crippen LogP contribution in [0.1, 0.15) is 15.9 Å². The van der Waals surface area contributed by atoms with Crippen molar-refractivity contribution in [3.05, 3.63) is 108 Å². The van der Waals surface area contributed by atoms with Crippen molar-refractivity contribution in [1.82, 2.24) is 0 Å². The van der Waals surface area contributed by atoms with Gasteiger partial charge in [0.2, 0.25) is 0 Å². The normalized spacial score (nSPS) is 11.4. The second kappa shape index (κ2) is 7.35. The summed E-state index contributed by atoms with van der Waals surface area (Å²) in [5.41, 5.74) is 3.01. The highest BCUT2D eigenvalue weighted by Crippen LogP contribution is 2.42. The van der Waals surface area contributed by atoms with E-state index >= 15 is 0 Å². The number of hydrogen-bond donors (Lipinski definition) is 1. The minimum absolute atomic E-state index is 0.00773. The molecule has 1 N–H and O–H groups in total. The number of carbonyl (C=O) groups excluding carboxylic acids is 1. The first-order valence-electron chi connectivity index (χ1n) is 10.8. The lowest BCUT2D eigenvalue weighted by molar-refractivity contribution is 0.103. The van der Waals surface area contributed by atoms with Crippen molar-refractivity contribution in [1.29, 1.82) is 0 Å². The van der Waals surface area contributed by atoms with E-state index in [9.17, 15) is 9.90 Å². The van der Waals surface area contributed by atoms with Crippen molar-refractivity contribution >= 4 is 38.1 Å². The molecule has 158 valence electrons. The molecular weight excluding hydrogens is 408 g/mol. The fourth-order valence-electron chi connectivity index (χ4n) is 4.91. The number of phenols is 1. The Morgan fingerprint density at radius 3 is 2.06 bits per heavy atom. The number of para-hydroxylation sites is 2. The van der Waals surface area contributed by atoms with Crippen molar-refractivity contribution in [2.45, 2.75) is 0 Å². The minimum Gasteiger partial charge on any atom is -0.507 e. The number of rotatable bonds is 4. The van der Waals surface area contributed by atoms with Gasteiger partial charge in [0.1, 0.15) is 11.5 Å². The molecule has 0 aliphatic rings. The number of benzene rings is 6. The molecule has 6 aromatic rings. The van der Waals surface area contributed by atoms with Gasteiger partial charge in [-0.1, -0.05) is 72.8 Å². The highest BCUT2D eigenvalue weighted by molar-refractivity contribution is 6.30. The number of ether oxygens (including phenoxy) is 1. The van der Waals surface area contributed by atoms with Crippen LogP contribution in [0.5, 0.6) is 11.5 Å². The molecule has 0 heterocycles. The molecule has 6 rings (SSSR count). The van der Waals surface area contributed by atoms with Gasteiger partial charge in [-0.25, -0.2) is 0 Å². The maximum Gasteiger partial charge on any atom is 0.197 e. The molecule has 0 aliphatic heterocycles. The van der Waals surface area contributed by atoms with E-state index in [2.05, 4.69) is 36.4 Å². The fraction of sp³-hybridized carbons (Fsp3) is 0.0333. The SMILES string of the molecule is COc1ccccc1-c1ccc2ccc3c(C(=O)c4ccccc4O)ccc4ccc1c2c43.